The highest BCUT2D eigenvalue weighted by Gasteiger charge is 2.59. The van der Waals surface area contributed by atoms with Crippen LogP contribution in [0.15, 0.2) is 18.7 Å². The molecule has 0 aromatic carbocycles. The molecule has 0 aliphatic heterocycles. The maximum Gasteiger partial charge on any atom is 0.371 e. The fraction of sp³-hybridized carbons (Fsp3) is 0.400. The molecule has 0 bridgehead atoms. The van der Waals surface area contributed by atoms with E-state index in [-0.39, 0.29) is 21.9 Å². The van der Waals surface area contributed by atoms with Crippen molar-refractivity contribution in [2.45, 2.75) is 11.6 Å². The summed E-state index contributed by atoms with van der Waals surface area (Å²) >= 11 is 0. The number of aliphatic hydroxyl groups is 1. The maximum atomic E-state index is 10.9. The Labute approximate surface area is 112 Å². The van der Waals surface area contributed by atoms with Gasteiger partial charge in [-0.3, -0.25) is 9.13 Å². The SMILES string of the molecule is O.O.O.O.O=P(O)(O)C(O)(Cn1ccnc1)P(=O)(O)O. The maximum absolute atomic E-state index is 10.9. The molecule has 124 valence electrons. The lowest BCUT2D eigenvalue weighted by atomic mass is 10.6. The van der Waals surface area contributed by atoms with E-state index < -0.39 is 26.8 Å². The van der Waals surface area contributed by atoms with Crippen LogP contribution >= 0.6 is 15.2 Å². The smallest absolute Gasteiger partial charge is 0.371 e. The highest BCUT2D eigenvalue weighted by atomic mass is 31.2. The van der Waals surface area contributed by atoms with E-state index in [1.807, 2.05) is 0 Å². The molecule has 0 fully saturated rings. The van der Waals surface area contributed by atoms with Gasteiger partial charge in [-0.25, -0.2) is 4.98 Å². The van der Waals surface area contributed by atoms with Crippen molar-refractivity contribution in [2.75, 3.05) is 0 Å². The van der Waals surface area contributed by atoms with Gasteiger partial charge in [0.2, 0.25) is 0 Å². The van der Waals surface area contributed by atoms with Crippen molar-refractivity contribution >= 4 is 15.2 Å². The van der Waals surface area contributed by atoms with Crippen LogP contribution in [-0.2, 0) is 15.7 Å². The fourth-order valence-corrected chi connectivity index (χ4v) is 3.03. The number of hydrogen-bond acceptors (Lipinski definition) is 4. The van der Waals surface area contributed by atoms with E-state index in [0.717, 1.165) is 10.9 Å². The van der Waals surface area contributed by atoms with Crippen LogP contribution in [0, 0.1) is 0 Å². The molecular weight excluding hydrogens is 326 g/mol. The summed E-state index contributed by atoms with van der Waals surface area (Å²) in [5.74, 6) is 0. The van der Waals surface area contributed by atoms with Gasteiger partial charge in [0.15, 0.2) is 0 Å². The Morgan fingerprint density at radius 2 is 1.40 bits per heavy atom. The van der Waals surface area contributed by atoms with Crippen LogP contribution in [0.5, 0.6) is 0 Å². The van der Waals surface area contributed by atoms with E-state index in [1.165, 1.54) is 12.4 Å². The topological polar surface area (TPSA) is 279 Å². The van der Waals surface area contributed by atoms with Gasteiger partial charge in [-0.1, -0.05) is 0 Å². The molecule has 0 saturated carbocycles. The van der Waals surface area contributed by atoms with Crippen molar-refractivity contribution in [3.8, 4) is 0 Å². The van der Waals surface area contributed by atoms with Gasteiger partial charge in [-0.15, -0.1) is 0 Å². The van der Waals surface area contributed by atoms with Crippen LogP contribution in [0.3, 0.4) is 0 Å². The molecule has 20 heavy (non-hydrogen) atoms. The van der Waals surface area contributed by atoms with Crippen molar-refractivity contribution in [1.29, 1.82) is 0 Å². The first-order chi connectivity index (χ1) is 7.08. The average Bonchev–Trinajstić information content (AvgIpc) is 2.52. The number of hydrogen-bond donors (Lipinski definition) is 5. The largest absolute Gasteiger partial charge is 0.412 e. The Balaban J connectivity index is -0.000000320. The lowest BCUT2D eigenvalue weighted by Crippen LogP contribution is -2.33. The first-order valence-electron chi connectivity index (χ1n) is 3.87. The second-order valence-electron chi connectivity index (χ2n) is 3.10. The first kappa shape index (κ1) is 27.6. The van der Waals surface area contributed by atoms with Gasteiger partial charge in [-0.2, -0.15) is 0 Å². The van der Waals surface area contributed by atoms with Gasteiger partial charge in [0.05, 0.1) is 12.9 Å². The van der Waals surface area contributed by atoms with Crippen LogP contribution in [0.4, 0.5) is 0 Å². The summed E-state index contributed by atoms with van der Waals surface area (Å²) in [7, 11) is -10.8. The number of aromatic nitrogens is 2. The zero-order valence-electron chi connectivity index (χ0n) is 9.78. The van der Waals surface area contributed by atoms with Gasteiger partial charge >= 0.3 is 15.2 Å². The fourth-order valence-electron chi connectivity index (χ4n) is 0.979. The average molecular weight is 344 g/mol. The van der Waals surface area contributed by atoms with Gasteiger partial charge in [0.25, 0.3) is 5.08 Å². The van der Waals surface area contributed by atoms with Crippen molar-refractivity contribution in [1.82, 2.24) is 9.55 Å². The van der Waals surface area contributed by atoms with E-state index in [1.54, 1.807) is 0 Å². The minimum absolute atomic E-state index is 0. The summed E-state index contributed by atoms with van der Waals surface area (Å²) in [4.78, 5) is 38.7. The monoisotopic (exact) mass is 344 g/mol. The third kappa shape index (κ3) is 5.36. The quantitative estimate of drug-likeness (QED) is 0.331. The summed E-state index contributed by atoms with van der Waals surface area (Å²) in [6.07, 6.45) is 3.51. The highest BCUT2D eigenvalue weighted by molar-refractivity contribution is 7.72. The molecule has 0 aliphatic carbocycles. The zero-order valence-corrected chi connectivity index (χ0v) is 11.6. The zero-order chi connectivity index (χ0) is 12.6. The Hall–Kier alpha value is -0.690. The van der Waals surface area contributed by atoms with Gasteiger partial charge in [0.1, 0.15) is 0 Å². The molecule has 0 spiro atoms. The standard InChI is InChI=1S/C5H10N2O7P2.4H2O/c8-5(15(9,10)11,16(12,13)14)3-7-2-1-6-4-7;;;;/h1-2,4,8H,3H2,(H2,9,10,11)(H2,12,13,14);4*1H2. The van der Waals surface area contributed by atoms with E-state index in [2.05, 4.69) is 4.98 Å². The molecule has 0 unspecified atom stereocenters. The lowest BCUT2D eigenvalue weighted by Gasteiger charge is -2.29. The molecule has 0 amide bonds. The van der Waals surface area contributed by atoms with Crippen LogP contribution < -0.4 is 0 Å². The minimum atomic E-state index is -5.41. The molecule has 1 rings (SSSR count). The number of nitrogens with zero attached hydrogens (tertiary/aromatic N) is 2. The van der Waals surface area contributed by atoms with Crippen molar-refractivity contribution in [3.63, 3.8) is 0 Å². The molecule has 1 heterocycles. The minimum Gasteiger partial charge on any atom is -0.412 e. The van der Waals surface area contributed by atoms with E-state index in [0.29, 0.717) is 0 Å². The van der Waals surface area contributed by atoms with E-state index in [4.69, 9.17) is 19.6 Å². The highest BCUT2D eigenvalue weighted by Crippen LogP contribution is 2.67. The van der Waals surface area contributed by atoms with Crippen LogP contribution in [0.25, 0.3) is 0 Å². The van der Waals surface area contributed by atoms with Crippen LogP contribution in [-0.4, -0.2) is 61.2 Å². The van der Waals surface area contributed by atoms with Crippen molar-refractivity contribution < 1.29 is 55.7 Å². The molecular formula is C5H18N2O11P2. The van der Waals surface area contributed by atoms with Crippen molar-refractivity contribution in [2.24, 2.45) is 0 Å². The second kappa shape index (κ2) is 8.56. The normalized spacial score (nSPS) is 11.2. The summed E-state index contributed by atoms with van der Waals surface area (Å²) in [6.45, 7) is -0.957. The molecule has 1 aromatic rings. The molecule has 0 radical (unpaired) electrons. The van der Waals surface area contributed by atoms with E-state index >= 15 is 0 Å². The number of rotatable bonds is 4. The van der Waals surface area contributed by atoms with Gasteiger partial charge in [0, 0.05) is 12.4 Å². The molecule has 0 saturated heterocycles. The molecule has 0 aliphatic rings. The predicted octanol–water partition coefficient (Wildman–Crippen LogP) is -4.41. The molecule has 13 nitrogen and oxygen atoms in total. The van der Waals surface area contributed by atoms with Crippen LogP contribution in [0.1, 0.15) is 0 Å². The third-order valence-corrected chi connectivity index (χ3v) is 5.60. The predicted molar refractivity (Wildman–Crippen MR) is 65.7 cm³/mol. The van der Waals surface area contributed by atoms with Gasteiger partial charge < -0.3 is 51.2 Å². The Morgan fingerprint density at radius 1 is 1.00 bits per heavy atom. The molecule has 1 aromatic heterocycles. The van der Waals surface area contributed by atoms with Crippen molar-refractivity contribution in [3.05, 3.63) is 18.7 Å². The van der Waals surface area contributed by atoms with Gasteiger partial charge in [-0.05, 0) is 0 Å². The Kier molecular flexibility index (Phi) is 11.8. The first-order valence-corrected chi connectivity index (χ1v) is 7.10. The summed E-state index contributed by atoms with van der Waals surface area (Å²) < 4.78 is 22.8. The molecule has 13 N–H and O–H groups in total. The summed E-state index contributed by atoms with van der Waals surface area (Å²) in [5.41, 5.74) is 0. The summed E-state index contributed by atoms with van der Waals surface area (Å²) in [6, 6.07) is 0. The second-order valence-corrected chi connectivity index (χ2v) is 7.11. The third-order valence-electron chi connectivity index (χ3n) is 1.89. The number of imidazole rings is 1. The van der Waals surface area contributed by atoms with E-state index in [9.17, 15) is 14.2 Å². The molecule has 15 heteroatoms. The van der Waals surface area contributed by atoms with Crippen LogP contribution in [0.2, 0.25) is 0 Å². The Morgan fingerprint density at radius 3 is 1.65 bits per heavy atom. The summed E-state index contributed by atoms with van der Waals surface area (Å²) in [5, 5.41) is 6.04. The lowest BCUT2D eigenvalue weighted by molar-refractivity contribution is 0.115. The molecule has 0 atom stereocenters. The Bertz CT molecular complexity index is 427.